The van der Waals surface area contributed by atoms with Gasteiger partial charge in [-0.25, -0.2) is 14.2 Å². The van der Waals surface area contributed by atoms with Gasteiger partial charge in [-0.15, -0.1) is 0 Å². The maximum Gasteiger partial charge on any atom is 0.326 e. The van der Waals surface area contributed by atoms with E-state index in [0.717, 1.165) is 0 Å². The van der Waals surface area contributed by atoms with Crippen molar-refractivity contribution in [2.24, 2.45) is 5.92 Å². The number of carboxylic acid groups (broad SMARTS) is 1. The van der Waals surface area contributed by atoms with Crippen molar-refractivity contribution in [3.63, 3.8) is 0 Å². The van der Waals surface area contributed by atoms with E-state index in [2.05, 4.69) is 10.3 Å². The number of hydrogen-bond donors (Lipinski definition) is 2. The first-order valence-corrected chi connectivity index (χ1v) is 5.10. The number of aromatic nitrogens is 1. The number of aliphatic carboxylic acids is 1. The number of hydrogen-bond acceptors (Lipinski definition) is 3. The van der Waals surface area contributed by atoms with Crippen molar-refractivity contribution in [2.45, 2.75) is 26.3 Å². The van der Waals surface area contributed by atoms with Crippen molar-refractivity contribution in [2.75, 3.05) is 5.32 Å². The molecule has 1 aromatic rings. The van der Waals surface area contributed by atoms with Crippen LogP contribution in [-0.2, 0) is 4.79 Å². The van der Waals surface area contributed by atoms with E-state index in [0.29, 0.717) is 6.42 Å². The second kappa shape index (κ2) is 5.44. The molecule has 88 valence electrons. The lowest BCUT2D eigenvalue weighted by Gasteiger charge is -2.17. The van der Waals surface area contributed by atoms with E-state index >= 15 is 0 Å². The van der Waals surface area contributed by atoms with Crippen LogP contribution >= 0.6 is 0 Å². The number of carboxylic acids is 1. The summed E-state index contributed by atoms with van der Waals surface area (Å²) < 4.78 is 13.2. The molecule has 0 amide bonds. The number of halogens is 1. The van der Waals surface area contributed by atoms with E-state index in [1.165, 1.54) is 18.3 Å². The van der Waals surface area contributed by atoms with Crippen LogP contribution < -0.4 is 5.32 Å². The van der Waals surface area contributed by atoms with Gasteiger partial charge in [0, 0.05) is 6.20 Å². The average molecular weight is 226 g/mol. The lowest BCUT2D eigenvalue weighted by molar-refractivity contribution is -0.138. The molecular formula is C11H15FN2O2. The van der Waals surface area contributed by atoms with Crippen LogP contribution in [0.25, 0.3) is 0 Å². The first kappa shape index (κ1) is 12.4. The second-order valence-corrected chi connectivity index (χ2v) is 4.00. The third-order valence-electron chi connectivity index (χ3n) is 2.07. The Morgan fingerprint density at radius 2 is 2.31 bits per heavy atom. The van der Waals surface area contributed by atoms with Crippen molar-refractivity contribution in [1.82, 2.24) is 4.98 Å². The molecule has 0 aliphatic heterocycles. The summed E-state index contributed by atoms with van der Waals surface area (Å²) >= 11 is 0. The summed E-state index contributed by atoms with van der Waals surface area (Å²) in [6, 6.07) is 1.88. The molecule has 0 spiro atoms. The fraction of sp³-hybridized carbons (Fsp3) is 0.455. The molecule has 0 aromatic carbocycles. The molecule has 16 heavy (non-hydrogen) atoms. The van der Waals surface area contributed by atoms with Gasteiger partial charge in [-0.2, -0.15) is 0 Å². The molecule has 0 unspecified atom stereocenters. The molecule has 0 aliphatic rings. The highest BCUT2D eigenvalue weighted by Gasteiger charge is 2.20. The zero-order valence-corrected chi connectivity index (χ0v) is 9.27. The zero-order valence-electron chi connectivity index (χ0n) is 9.27. The SMILES string of the molecule is CC(C)C[C@H](Nc1ncccc1F)C(=O)O. The minimum Gasteiger partial charge on any atom is -0.480 e. The number of pyridine rings is 1. The molecule has 1 aromatic heterocycles. The topological polar surface area (TPSA) is 62.2 Å². The average Bonchev–Trinajstić information content (AvgIpc) is 2.19. The lowest BCUT2D eigenvalue weighted by atomic mass is 10.0. The Bertz CT molecular complexity index is 369. The van der Waals surface area contributed by atoms with Gasteiger partial charge in [-0.3, -0.25) is 0 Å². The van der Waals surface area contributed by atoms with Gasteiger partial charge in [0.15, 0.2) is 11.6 Å². The van der Waals surface area contributed by atoms with Crippen molar-refractivity contribution in [3.8, 4) is 0 Å². The molecule has 0 saturated carbocycles. The summed E-state index contributed by atoms with van der Waals surface area (Å²) in [4.78, 5) is 14.7. The van der Waals surface area contributed by atoms with Crippen molar-refractivity contribution in [3.05, 3.63) is 24.1 Å². The van der Waals surface area contributed by atoms with Gasteiger partial charge in [-0.05, 0) is 24.5 Å². The van der Waals surface area contributed by atoms with Crippen LogP contribution in [0.2, 0.25) is 0 Å². The number of rotatable bonds is 5. The Labute approximate surface area is 93.5 Å². The highest BCUT2D eigenvalue weighted by atomic mass is 19.1. The van der Waals surface area contributed by atoms with E-state index in [-0.39, 0.29) is 11.7 Å². The van der Waals surface area contributed by atoms with E-state index in [1.54, 1.807) is 0 Å². The molecule has 0 radical (unpaired) electrons. The van der Waals surface area contributed by atoms with Gasteiger partial charge < -0.3 is 10.4 Å². The molecule has 0 fully saturated rings. The van der Waals surface area contributed by atoms with Gasteiger partial charge in [0.2, 0.25) is 0 Å². The molecule has 0 aliphatic carbocycles. The number of carbonyl (C=O) groups is 1. The van der Waals surface area contributed by atoms with Crippen LogP contribution in [-0.4, -0.2) is 22.1 Å². The van der Waals surface area contributed by atoms with E-state index in [9.17, 15) is 9.18 Å². The Kier molecular flexibility index (Phi) is 4.22. The predicted octanol–water partition coefficient (Wildman–Crippen LogP) is 2.13. The number of nitrogens with zero attached hydrogens (tertiary/aromatic N) is 1. The van der Waals surface area contributed by atoms with Gasteiger partial charge in [0.05, 0.1) is 0 Å². The highest BCUT2D eigenvalue weighted by Crippen LogP contribution is 2.14. The molecule has 4 nitrogen and oxygen atoms in total. The second-order valence-electron chi connectivity index (χ2n) is 4.00. The van der Waals surface area contributed by atoms with Crippen molar-refractivity contribution in [1.29, 1.82) is 0 Å². The summed E-state index contributed by atoms with van der Waals surface area (Å²) in [5.41, 5.74) is 0. The first-order valence-electron chi connectivity index (χ1n) is 5.10. The standard InChI is InChI=1S/C11H15FN2O2/c1-7(2)6-9(11(15)16)14-10-8(12)4-3-5-13-10/h3-5,7,9H,6H2,1-2H3,(H,13,14)(H,15,16)/t9-/m0/s1. The predicted molar refractivity (Wildman–Crippen MR) is 58.7 cm³/mol. The van der Waals surface area contributed by atoms with Crippen LogP contribution in [0.4, 0.5) is 10.2 Å². The van der Waals surface area contributed by atoms with E-state index in [1.807, 2.05) is 13.8 Å². The van der Waals surface area contributed by atoms with E-state index in [4.69, 9.17) is 5.11 Å². The minimum absolute atomic E-state index is 0.0180. The van der Waals surface area contributed by atoms with Crippen LogP contribution in [0.3, 0.4) is 0 Å². The summed E-state index contributed by atoms with van der Waals surface area (Å²) in [6.45, 7) is 3.82. The molecule has 0 bridgehead atoms. The van der Waals surface area contributed by atoms with Gasteiger partial charge >= 0.3 is 5.97 Å². The number of nitrogens with one attached hydrogen (secondary N) is 1. The highest BCUT2D eigenvalue weighted by molar-refractivity contribution is 5.76. The third kappa shape index (κ3) is 3.49. The zero-order chi connectivity index (χ0) is 12.1. The molecule has 1 heterocycles. The quantitative estimate of drug-likeness (QED) is 0.807. The fourth-order valence-corrected chi connectivity index (χ4v) is 1.35. The maximum atomic E-state index is 13.2. The lowest BCUT2D eigenvalue weighted by Crippen LogP contribution is -2.31. The van der Waals surface area contributed by atoms with E-state index < -0.39 is 17.8 Å². The van der Waals surface area contributed by atoms with Gasteiger partial charge in [-0.1, -0.05) is 13.8 Å². The van der Waals surface area contributed by atoms with Gasteiger partial charge in [0.25, 0.3) is 0 Å². The van der Waals surface area contributed by atoms with Crippen LogP contribution in [0.1, 0.15) is 20.3 Å². The summed E-state index contributed by atoms with van der Waals surface area (Å²) in [6.07, 6.45) is 1.84. The molecule has 1 rings (SSSR count). The van der Waals surface area contributed by atoms with Crippen LogP contribution in [0.15, 0.2) is 18.3 Å². The largest absolute Gasteiger partial charge is 0.480 e. The minimum atomic E-state index is -1.00. The normalized spacial score (nSPS) is 12.5. The monoisotopic (exact) mass is 226 g/mol. The summed E-state index contributed by atoms with van der Waals surface area (Å²) in [5, 5.41) is 11.6. The Balaban J connectivity index is 2.76. The Morgan fingerprint density at radius 3 is 2.81 bits per heavy atom. The Hall–Kier alpha value is -1.65. The van der Waals surface area contributed by atoms with Crippen LogP contribution in [0, 0.1) is 11.7 Å². The Morgan fingerprint density at radius 1 is 1.62 bits per heavy atom. The number of anilines is 1. The first-order chi connectivity index (χ1) is 7.50. The van der Waals surface area contributed by atoms with Crippen molar-refractivity contribution >= 4 is 11.8 Å². The maximum absolute atomic E-state index is 13.2. The molecule has 1 atom stereocenters. The molecule has 0 saturated heterocycles. The third-order valence-corrected chi connectivity index (χ3v) is 2.07. The van der Waals surface area contributed by atoms with Gasteiger partial charge in [0.1, 0.15) is 6.04 Å². The summed E-state index contributed by atoms with van der Waals surface area (Å²) in [7, 11) is 0. The fourth-order valence-electron chi connectivity index (χ4n) is 1.35. The van der Waals surface area contributed by atoms with Crippen LogP contribution in [0.5, 0.6) is 0 Å². The van der Waals surface area contributed by atoms with Crippen molar-refractivity contribution < 1.29 is 14.3 Å². The molecular weight excluding hydrogens is 211 g/mol. The smallest absolute Gasteiger partial charge is 0.326 e. The molecule has 5 heteroatoms. The molecule has 2 N–H and O–H groups in total. The summed E-state index contributed by atoms with van der Waals surface area (Å²) in [5.74, 6) is -1.35.